The van der Waals surface area contributed by atoms with Crippen LogP contribution in [0.5, 0.6) is 11.5 Å². The molecule has 0 radical (unpaired) electrons. The van der Waals surface area contributed by atoms with Crippen molar-refractivity contribution >= 4 is 27.3 Å². The van der Waals surface area contributed by atoms with Gasteiger partial charge in [0.25, 0.3) is 0 Å². The van der Waals surface area contributed by atoms with Gasteiger partial charge in [-0.15, -0.1) is 0 Å². The van der Waals surface area contributed by atoms with Gasteiger partial charge in [0.05, 0.1) is 31.3 Å². The normalized spacial score (nSPS) is 11.2. The van der Waals surface area contributed by atoms with Crippen LogP contribution in [0.4, 0.5) is 11.4 Å². The number of benzene rings is 2. The fourth-order valence-electron chi connectivity index (χ4n) is 2.77. The van der Waals surface area contributed by atoms with Crippen molar-refractivity contribution in [2.45, 2.75) is 18.7 Å². The van der Waals surface area contributed by atoms with E-state index in [2.05, 4.69) is 10.6 Å². The number of hydrogen-bond acceptors (Lipinski definition) is 6. The number of carbonyl (C=O) groups is 1. The van der Waals surface area contributed by atoms with Crippen LogP contribution in [-0.2, 0) is 14.8 Å². The Bertz CT molecular complexity index is 943. The second-order valence-electron chi connectivity index (χ2n) is 6.09. The van der Waals surface area contributed by atoms with Crippen molar-refractivity contribution in [1.82, 2.24) is 4.31 Å². The SMILES string of the molecule is CCN(CC)S(=O)(=O)c1cccc(NCC(=O)Nc2cc(OC)ccc2OC)c1. The second kappa shape index (κ2) is 10.1. The van der Waals surface area contributed by atoms with Crippen LogP contribution >= 0.6 is 0 Å². The first-order valence-electron chi connectivity index (χ1n) is 9.21. The minimum Gasteiger partial charge on any atom is -0.497 e. The summed E-state index contributed by atoms with van der Waals surface area (Å²) in [5.74, 6) is 0.781. The molecule has 0 fully saturated rings. The molecule has 2 rings (SSSR count). The Hall–Kier alpha value is -2.78. The summed E-state index contributed by atoms with van der Waals surface area (Å²) < 4.78 is 37.1. The van der Waals surface area contributed by atoms with Crippen molar-refractivity contribution in [2.75, 3.05) is 44.5 Å². The van der Waals surface area contributed by atoms with E-state index in [0.717, 1.165) is 0 Å². The molecule has 0 unspecified atom stereocenters. The number of carbonyl (C=O) groups excluding carboxylic acids is 1. The molecule has 0 aliphatic carbocycles. The molecule has 2 N–H and O–H groups in total. The number of sulfonamides is 1. The average Bonchev–Trinajstić information content (AvgIpc) is 2.73. The number of anilines is 2. The molecule has 0 atom stereocenters. The predicted octanol–water partition coefficient (Wildman–Crippen LogP) is 2.78. The smallest absolute Gasteiger partial charge is 0.243 e. The number of hydrogen-bond donors (Lipinski definition) is 2. The van der Waals surface area contributed by atoms with E-state index in [1.54, 1.807) is 50.2 Å². The van der Waals surface area contributed by atoms with Gasteiger partial charge in [-0.05, 0) is 30.3 Å². The van der Waals surface area contributed by atoms with Gasteiger partial charge in [-0.3, -0.25) is 4.79 Å². The molecule has 0 aliphatic rings. The highest BCUT2D eigenvalue weighted by molar-refractivity contribution is 7.89. The number of ether oxygens (including phenoxy) is 2. The Morgan fingerprint density at radius 2 is 1.76 bits per heavy atom. The van der Waals surface area contributed by atoms with E-state index in [-0.39, 0.29) is 17.3 Å². The zero-order valence-corrected chi connectivity index (χ0v) is 17.9. The van der Waals surface area contributed by atoms with Crippen molar-refractivity contribution < 1.29 is 22.7 Å². The van der Waals surface area contributed by atoms with Crippen LogP contribution in [0.15, 0.2) is 47.4 Å². The van der Waals surface area contributed by atoms with Gasteiger partial charge in [0.15, 0.2) is 0 Å². The Labute approximate surface area is 171 Å². The number of methoxy groups -OCH3 is 2. The van der Waals surface area contributed by atoms with Crippen LogP contribution < -0.4 is 20.1 Å². The lowest BCUT2D eigenvalue weighted by molar-refractivity contribution is -0.114. The topological polar surface area (TPSA) is 97.0 Å². The molecule has 0 aromatic heterocycles. The van der Waals surface area contributed by atoms with Crippen LogP contribution in [0, 0.1) is 0 Å². The van der Waals surface area contributed by atoms with E-state index in [0.29, 0.717) is 36.0 Å². The summed E-state index contributed by atoms with van der Waals surface area (Å²) in [4.78, 5) is 12.5. The first kappa shape index (κ1) is 22.5. The largest absolute Gasteiger partial charge is 0.497 e. The highest BCUT2D eigenvalue weighted by atomic mass is 32.2. The first-order valence-corrected chi connectivity index (χ1v) is 10.7. The standard InChI is InChI=1S/C20H27N3O5S/c1-5-23(6-2)29(25,26)17-9-7-8-15(12-17)21-14-20(24)22-18-13-16(27-3)10-11-19(18)28-4/h7-13,21H,5-6,14H2,1-4H3,(H,22,24). The Balaban J connectivity index is 2.08. The maximum absolute atomic E-state index is 12.7. The van der Waals surface area contributed by atoms with Gasteiger partial charge >= 0.3 is 0 Å². The molecule has 158 valence electrons. The van der Waals surface area contributed by atoms with Crippen LogP contribution in [0.1, 0.15) is 13.8 Å². The molecule has 2 aromatic rings. The van der Waals surface area contributed by atoms with Crippen molar-refractivity contribution in [1.29, 1.82) is 0 Å². The summed E-state index contributed by atoms with van der Waals surface area (Å²) in [5.41, 5.74) is 1.02. The molecule has 1 amide bonds. The fraction of sp³-hybridized carbons (Fsp3) is 0.350. The van der Waals surface area contributed by atoms with Crippen LogP contribution in [0.2, 0.25) is 0 Å². The number of nitrogens with zero attached hydrogens (tertiary/aromatic N) is 1. The molecule has 9 heteroatoms. The number of nitrogens with one attached hydrogen (secondary N) is 2. The third-order valence-electron chi connectivity index (χ3n) is 4.31. The highest BCUT2D eigenvalue weighted by Gasteiger charge is 2.21. The maximum Gasteiger partial charge on any atom is 0.243 e. The summed E-state index contributed by atoms with van der Waals surface area (Å²) in [6.07, 6.45) is 0. The maximum atomic E-state index is 12.7. The quantitative estimate of drug-likeness (QED) is 0.612. The molecule has 8 nitrogen and oxygen atoms in total. The van der Waals surface area contributed by atoms with Crippen LogP contribution in [0.3, 0.4) is 0 Å². The minimum atomic E-state index is -3.57. The van der Waals surface area contributed by atoms with Crippen molar-refractivity contribution in [2.24, 2.45) is 0 Å². The van der Waals surface area contributed by atoms with E-state index in [1.165, 1.54) is 24.6 Å². The molecule has 0 saturated heterocycles. The van der Waals surface area contributed by atoms with Gasteiger partial charge in [0, 0.05) is 24.8 Å². The first-order chi connectivity index (χ1) is 13.8. The zero-order chi connectivity index (χ0) is 21.4. The third-order valence-corrected chi connectivity index (χ3v) is 6.36. The van der Waals surface area contributed by atoms with Crippen LogP contribution in [0.25, 0.3) is 0 Å². The summed E-state index contributed by atoms with van der Waals surface area (Å²) in [6.45, 7) is 4.32. The predicted molar refractivity (Wildman–Crippen MR) is 113 cm³/mol. The second-order valence-corrected chi connectivity index (χ2v) is 8.02. The van der Waals surface area contributed by atoms with Crippen molar-refractivity contribution in [3.8, 4) is 11.5 Å². The zero-order valence-electron chi connectivity index (χ0n) is 17.1. The van der Waals surface area contributed by atoms with Gasteiger partial charge in [0.2, 0.25) is 15.9 Å². The molecule has 0 spiro atoms. The lowest BCUT2D eigenvalue weighted by atomic mass is 10.2. The van der Waals surface area contributed by atoms with E-state index >= 15 is 0 Å². The highest BCUT2D eigenvalue weighted by Crippen LogP contribution is 2.28. The lowest BCUT2D eigenvalue weighted by Gasteiger charge is -2.19. The van der Waals surface area contributed by atoms with Gasteiger partial charge in [-0.1, -0.05) is 19.9 Å². The molecule has 0 aliphatic heterocycles. The number of amides is 1. The molecular weight excluding hydrogens is 394 g/mol. The summed E-state index contributed by atoms with van der Waals surface area (Å²) >= 11 is 0. The van der Waals surface area contributed by atoms with Gasteiger partial charge in [-0.2, -0.15) is 4.31 Å². The summed E-state index contributed by atoms with van der Waals surface area (Å²) in [6, 6.07) is 11.5. The Morgan fingerprint density at radius 1 is 1.03 bits per heavy atom. The minimum absolute atomic E-state index is 0.0465. The fourth-order valence-corrected chi connectivity index (χ4v) is 4.27. The monoisotopic (exact) mass is 421 g/mol. The van der Waals surface area contributed by atoms with E-state index in [9.17, 15) is 13.2 Å². The van der Waals surface area contributed by atoms with Crippen molar-refractivity contribution in [3.63, 3.8) is 0 Å². The van der Waals surface area contributed by atoms with E-state index < -0.39 is 10.0 Å². The Morgan fingerprint density at radius 3 is 2.38 bits per heavy atom. The summed E-state index contributed by atoms with van der Waals surface area (Å²) in [5, 5.41) is 5.71. The van der Waals surface area contributed by atoms with E-state index in [4.69, 9.17) is 9.47 Å². The molecule has 0 heterocycles. The van der Waals surface area contributed by atoms with Gasteiger partial charge in [0.1, 0.15) is 11.5 Å². The molecule has 29 heavy (non-hydrogen) atoms. The van der Waals surface area contributed by atoms with Gasteiger partial charge < -0.3 is 20.1 Å². The Kier molecular flexibility index (Phi) is 7.86. The van der Waals surface area contributed by atoms with Crippen molar-refractivity contribution in [3.05, 3.63) is 42.5 Å². The van der Waals surface area contributed by atoms with Crippen LogP contribution in [-0.4, -0.2) is 52.5 Å². The molecule has 0 saturated carbocycles. The average molecular weight is 422 g/mol. The van der Waals surface area contributed by atoms with Gasteiger partial charge in [-0.25, -0.2) is 8.42 Å². The van der Waals surface area contributed by atoms with E-state index in [1.807, 2.05) is 0 Å². The lowest BCUT2D eigenvalue weighted by Crippen LogP contribution is -2.30. The summed E-state index contributed by atoms with van der Waals surface area (Å²) in [7, 11) is -0.518. The molecule has 2 aromatic carbocycles. The third kappa shape index (κ3) is 5.61. The molecular formula is C20H27N3O5S. The number of rotatable bonds is 10. The molecule has 0 bridgehead atoms.